The first-order valence-electron chi connectivity index (χ1n) is 12.6. The first-order chi connectivity index (χ1) is 19.1. The lowest BCUT2D eigenvalue weighted by molar-refractivity contribution is -0.380. The molecule has 3 rings (SSSR count). The maximum Gasteiger partial charge on any atom is 0.364 e. The molecule has 12 nitrogen and oxygen atoms in total. The molecule has 41 heavy (non-hydrogen) atoms. The third kappa shape index (κ3) is 9.34. The number of hydrogen-bond donors (Lipinski definition) is 4. The maximum atomic E-state index is 12.5. The van der Waals surface area contributed by atoms with Crippen molar-refractivity contribution in [2.45, 2.75) is 74.0 Å². The van der Waals surface area contributed by atoms with Gasteiger partial charge in [0.1, 0.15) is 6.10 Å². The molecule has 3 heterocycles. The fraction of sp³-hybridized carbons (Fsp3) is 0.600. The average molecular weight is 658 g/mol. The molecule has 0 saturated carbocycles. The molecule has 4 N–H and O–H groups in total. The number of epoxide rings is 1. The molecule has 1 aromatic rings. The molecule has 1 amide bonds. The summed E-state index contributed by atoms with van der Waals surface area (Å²) >= 11 is 17.4. The predicted octanol–water partition coefficient (Wildman–Crippen LogP) is 3.23. The Labute approximate surface area is 255 Å². The zero-order valence-electron chi connectivity index (χ0n) is 22.2. The summed E-state index contributed by atoms with van der Waals surface area (Å²) in [4.78, 5) is 35.0. The molecule has 228 valence electrons. The van der Waals surface area contributed by atoms with Crippen LogP contribution < -0.4 is 5.32 Å². The molecule has 2 saturated heterocycles. The molecule has 1 aromatic heterocycles. The number of carbonyl (C=O) groups is 2. The van der Waals surface area contributed by atoms with Crippen LogP contribution in [-0.4, -0.2) is 79.1 Å². The fourth-order valence-electron chi connectivity index (χ4n) is 4.37. The average Bonchev–Trinajstić information content (AvgIpc) is 3.46. The number of nitrogens with zero attached hydrogens (tertiary/aromatic N) is 1. The molecule has 0 unspecified atom stereocenters. The predicted molar refractivity (Wildman–Crippen MR) is 151 cm³/mol. The van der Waals surface area contributed by atoms with Crippen molar-refractivity contribution in [3.05, 3.63) is 45.0 Å². The largest absolute Gasteiger partial charge is 0.421 e. The zero-order valence-corrected chi connectivity index (χ0v) is 25.3. The Bertz CT molecular complexity index is 1180. The van der Waals surface area contributed by atoms with Crippen LogP contribution in [0, 0.1) is 22.0 Å². The van der Waals surface area contributed by atoms with Crippen molar-refractivity contribution >= 4 is 68.8 Å². The molecular weight excluding hydrogens is 627 g/mol. The number of thiophene rings is 1. The molecule has 0 aromatic carbocycles. The minimum Gasteiger partial charge on any atom is -0.421 e. The number of aliphatic hydroxyl groups excluding tert-OH is 3. The molecule has 16 heteroatoms. The van der Waals surface area contributed by atoms with Gasteiger partial charge in [-0.2, -0.15) is 0 Å². The molecule has 0 bridgehead atoms. The van der Waals surface area contributed by atoms with E-state index >= 15 is 0 Å². The molecule has 2 fully saturated rings. The van der Waals surface area contributed by atoms with Gasteiger partial charge in [0.2, 0.25) is 5.91 Å². The van der Waals surface area contributed by atoms with Gasteiger partial charge < -0.3 is 34.8 Å². The van der Waals surface area contributed by atoms with Crippen LogP contribution in [0.4, 0.5) is 5.00 Å². The molecule has 2 aliphatic heterocycles. The van der Waals surface area contributed by atoms with E-state index in [-0.39, 0.29) is 53.4 Å². The second kappa shape index (κ2) is 14.1. The number of alkyl halides is 3. The SMILES string of the molecule is C/C(=C\C(=O)N/C=C(/OC(=O)C(Cl)(Cl)Cl)c1csc([N+](=O)[O-])c1)C[C@@H]1OC[C@H](C[C@@H]2O[C@H]2[C@@H](C)[C@H](C)O)[C@@H](O)[C@H]1O. The van der Waals surface area contributed by atoms with Crippen LogP contribution in [0.15, 0.2) is 29.3 Å². The smallest absolute Gasteiger partial charge is 0.364 e. The van der Waals surface area contributed by atoms with E-state index in [1.807, 2.05) is 6.92 Å². The second-order valence-electron chi connectivity index (χ2n) is 10.1. The summed E-state index contributed by atoms with van der Waals surface area (Å²) in [7, 11) is 0. The zero-order chi connectivity index (χ0) is 30.6. The number of nitro groups is 1. The Balaban J connectivity index is 1.59. The summed E-state index contributed by atoms with van der Waals surface area (Å²) in [5, 5.41) is 45.6. The third-order valence-electron chi connectivity index (χ3n) is 6.90. The minimum atomic E-state index is -2.43. The number of rotatable bonds is 11. The molecular formula is C25H31Cl3N2O10S. The van der Waals surface area contributed by atoms with Crippen molar-refractivity contribution in [1.29, 1.82) is 0 Å². The maximum absolute atomic E-state index is 12.5. The normalized spacial score (nSPS) is 28.5. The lowest BCUT2D eigenvalue weighted by atomic mass is 9.85. The van der Waals surface area contributed by atoms with Gasteiger partial charge in [0.05, 0.1) is 42.1 Å². The van der Waals surface area contributed by atoms with Crippen LogP contribution in [0.5, 0.6) is 0 Å². The summed E-state index contributed by atoms with van der Waals surface area (Å²) in [6, 6.07) is 1.12. The van der Waals surface area contributed by atoms with Gasteiger partial charge in [-0.3, -0.25) is 14.9 Å². The molecule has 2 aliphatic rings. The molecule has 0 radical (unpaired) electrons. The Hall–Kier alpha value is -1.81. The van der Waals surface area contributed by atoms with Crippen molar-refractivity contribution in [1.82, 2.24) is 5.32 Å². The van der Waals surface area contributed by atoms with E-state index in [0.717, 1.165) is 23.6 Å². The molecule has 0 aliphatic carbocycles. The minimum absolute atomic E-state index is 0.0467. The van der Waals surface area contributed by atoms with Crippen molar-refractivity contribution in [2.75, 3.05) is 6.61 Å². The Morgan fingerprint density at radius 1 is 1.29 bits per heavy atom. The van der Waals surface area contributed by atoms with Crippen LogP contribution >= 0.6 is 46.1 Å². The highest BCUT2D eigenvalue weighted by Crippen LogP contribution is 2.38. The molecule has 8 atom stereocenters. The van der Waals surface area contributed by atoms with Crippen LogP contribution in [0.25, 0.3) is 5.76 Å². The highest BCUT2D eigenvalue weighted by Gasteiger charge is 2.48. The van der Waals surface area contributed by atoms with Gasteiger partial charge in [0, 0.05) is 41.1 Å². The number of amides is 1. The van der Waals surface area contributed by atoms with E-state index in [1.165, 1.54) is 11.5 Å². The van der Waals surface area contributed by atoms with Gasteiger partial charge in [0.25, 0.3) is 3.79 Å². The van der Waals surface area contributed by atoms with Gasteiger partial charge in [0.15, 0.2) is 5.76 Å². The first-order valence-corrected chi connectivity index (χ1v) is 14.6. The van der Waals surface area contributed by atoms with Crippen molar-refractivity contribution in [3.63, 3.8) is 0 Å². The van der Waals surface area contributed by atoms with Gasteiger partial charge in [-0.15, -0.1) is 0 Å². The van der Waals surface area contributed by atoms with Crippen LogP contribution in [0.3, 0.4) is 0 Å². The third-order valence-corrected chi connectivity index (χ3v) is 8.25. The lowest BCUT2D eigenvalue weighted by Gasteiger charge is -2.38. The summed E-state index contributed by atoms with van der Waals surface area (Å²) in [5.74, 6) is -2.63. The number of esters is 1. The second-order valence-corrected chi connectivity index (χ2v) is 13.3. The standard InChI is InChI=1S/C25H31Cl3N2O10S/c1-11(4-16-22(34)21(33)14(9-38-16)6-17-23(39-17)12(2)13(3)31)5-19(32)29-8-18(40-24(35)25(26,27)28)15-7-20(30(36)37)41-10-15/h5,7-8,10,12-14,16-17,21-23,31,33-34H,4,6,9H2,1-3H3,(H,29,32)/b11-5+,18-8+/t12-,13-,14-,16-,17-,21+,22-,23-/m0/s1. The first kappa shape index (κ1) is 33.7. The number of nitrogens with one attached hydrogen (secondary N) is 1. The van der Waals surface area contributed by atoms with Gasteiger partial charge >= 0.3 is 11.0 Å². The Kier molecular flexibility index (Phi) is 11.6. The Morgan fingerprint density at radius 3 is 2.56 bits per heavy atom. The number of carbonyl (C=O) groups excluding carboxylic acids is 2. The van der Waals surface area contributed by atoms with E-state index in [0.29, 0.717) is 12.0 Å². The number of aliphatic hydroxyl groups is 3. The number of hydrogen-bond acceptors (Lipinski definition) is 11. The lowest BCUT2D eigenvalue weighted by Crippen LogP contribution is -2.50. The van der Waals surface area contributed by atoms with Gasteiger partial charge in [-0.05, 0) is 26.7 Å². The molecule has 0 spiro atoms. The quantitative estimate of drug-likeness (QED) is 0.0525. The fourth-order valence-corrected chi connectivity index (χ4v) is 5.20. The van der Waals surface area contributed by atoms with Gasteiger partial charge in [-0.1, -0.05) is 58.6 Å². The van der Waals surface area contributed by atoms with Crippen LogP contribution in [-0.2, 0) is 23.8 Å². The van der Waals surface area contributed by atoms with E-state index in [1.54, 1.807) is 13.8 Å². The monoisotopic (exact) mass is 656 g/mol. The van der Waals surface area contributed by atoms with E-state index in [4.69, 9.17) is 49.0 Å². The van der Waals surface area contributed by atoms with Gasteiger partial charge in [-0.25, -0.2) is 4.79 Å². The summed E-state index contributed by atoms with van der Waals surface area (Å²) in [5.41, 5.74) is 0.601. The number of halogens is 3. The van der Waals surface area contributed by atoms with E-state index < -0.39 is 45.0 Å². The summed E-state index contributed by atoms with van der Waals surface area (Å²) in [6.45, 7) is 5.40. The van der Waals surface area contributed by atoms with E-state index in [9.17, 15) is 35.0 Å². The summed E-state index contributed by atoms with van der Waals surface area (Å²) in [6.07, 6.45) is -0.933. The Morgan fingerprint density at radius 2 is 1.98 bits per heavy atom. The van der Waals surface area contributed by atoms with Crippen LogP contribution in [0.2, 0.25) is 0 Å². The summed E-state index contributed by atoms with van der Waals surface area (Å²) < 4.78 is 14.0. The highest BCUT2D eigenvalue weighted by molar-refractivity contribution is 7.13. The van der Waals surface area contributed by atoms with Crippen molar-refractivity contribution in [3.8, 4) is 0 Å². The van der Waals surface area contributed by atoms with Crippen molar-refractivity contribution in [2.24, 2.45) is 11.8 Å². The van der Waals surface area contributed by atoms with E-state index in [2.05, 4.69) is 5.32 Å². The number of ether oxygens (including phenoxy) is 3. The van der Waals surface area contributed by atoms with Crippen LogP contribution in [0.1, 0.15) is 39.2 Å². The highest BCUT2D eigenvalue weighted by atomic mass is 35.6. The van der Waals surface area contributed by atoms with Crippen molar-refractivity contribution < 1.29 is 44.0 Å². The topological polar surface area (TPSA) is 181 Å².